The first-order valence-electron chi connectivity index (χ1n) is 10.1. The standard InChI is InChI=1S/C26H25ClN2O/c1-28(2)16-3-4-19-5-14-25-23(18-19)15-17-29(25)26(30)22-8-6-20(7-9-22)21-10-12-24(27)13-11-21/h3-14,18H,15-17H2,1-2H3. The van der Waals surface area contributed by atoms with Crippen molar-refractivity contribution in [2.24, 2.45) is 0 Å². The van der Waals surface area contributed by atoms with Gasteiger partial charge in [-0.15, -0.1) is 0 Å². The van der Waals surface area contributed by atoms with E-state index in [1.54, 1.807) is 0 Å². The third-order valence-corrected chi connectivity index (χ3v) is 5.59. The van der Waals surface area contributed by atoms with Crippen LogP contribution in [0, 0.1) is 0 Å². The minimum atomic E-state index is 0.0484. The van der Waals surface area contributed by atoms with Gasteiger partial charge in [-0.1, -0.05) is 54.1 Å². The number of hydrogen-bond donors (Lipinski definition) is 0. The summed E-state index contributed by atoms with van der Waals surface area (Å²) in [4.78, 5) is 17.1. The highest BCUT2D eigenvalue weighted by Crippen LogP contribution is 2.31. The number of rotatable bonds is 5. The molecular formula is C26H25ClN2O. The normalized spacial score (nSPS) is 13.3. The predicted molar refractivity (Wildman–Crippen MR) is 126 cm³/mol. The Morgan fingerprint density at radius 2 is 1.67 bits per heavy atom. The molecule has 152 valence electrons. The van der Waals surface area contributed by atoms with E-state index in [1.807, 2.05) is 53.4 Å². The largest absolute Gasteiger partial charge is 0.308 e. The van der Waals surface area contributed by atoms with Gasteiger partial charge >= 0.3 is 0 Å². The van der Waals surface area contributed by atoms with Crippen LogP contribution in [0.5, 0.6) is 0 Å². The summed E-state index contributed by atoms with van der Waals surface area (Å²) in [6, 6.07) is 21.9. The van der Waals surface area contributed by atoms with Gasteiger partial charge in [-0.25, -0.2) is 0 Å². The first kappa shape index (κ1) is 20.4. The summed E-state index contributed by atoms with van der Waals surface area (Å²) >= 11 is 5.97. The van der Waals surface area contributed by atoms with Crippen LogP contribution in [0.25, 0.3) is 17.2 Å². The molecule has 0 aromatic heterocycles. The third kappa shape index (κ3) is 4.48. The van der Waals surface area contributed by atoms with E-state index in [2.05, 4.69) is 49.3 Å². The number of carbonyl (C=O) groups is 1. The molecule has 1 amide bonds. The van der Waals surface area contributed by atoms with Gasteiger partial charge in [-0.3, -0.25) is 4.79 Å². The highest BCUT2D eigenvalue weighted by Gasteiger charge is 2.25. The maximum absolute atomic E-state index is 13.1. The van der Waals surface area contributed by atoms with Gasteiger partial charge in [0.1, 0.15) is 0 Å². The fraction of sp³-hybridized carbons (Fsp3) is 0.192. The number of halogens is 1. The van der Waals surface area contributed by atoms with Crippen molar-refractivity contribution in [1.82, 2.24) is 4.90 Å². The first-order valence-corrected chi connectivity index (χ1v) is 10.5. The molecule has 0 N–H and O–H groups in total. The molecule has 4 heteroatoms. The van der Waals surface area contributed by atoms with E-state index in [9.17, 15) is 4.79 Å². The van der Waals surface area contributed by atoms with Crippen LogP contribution in [0.15, 0.2) is 72.8 Å². The molecule has 30 heavy (non-hydrogen) atoms. The summed E-state index contributed by atoms with van der Waals surface area (Å²) in [5.74, 6) is 0.0484. The van der Waals surface area contributed by atoms with E-state index in [-0.39, 0.29) is 5.91 Å². The maximum atomic E-state index is 13.1. The van der Waals surface area contributed by atoms with Crippen LogP contribution in [0.1, 0.15) is 21.5 Å². The van der Waals surface area contributed by atoms with Gasteiger partial charge in [0.25, 0.3) is 5.91 Å². The molecule has 3 nitrogen and oxygen atoms in total. The number of carbonyl (C=O) groups excluding carboxylic acids is 1. The fourth-order valence-electron chi connectivity index (χ4n) is 3.74. The smallest absolute Gasteiger partial charge is 0.258 e. The number of benzene rings is 3. The Bertz CT molecular complexity index is 1070. The summed E-state index contributed by atoms with van der Waals surface area (Å²) in [6.45, 7) is 1.63. The minimum absolute atomic E-state index is 0.0484. The van der Waals surface area contributed by atoms with Crippen LogP contribution in [0.4, 0.5) is 5.69 Å². The Labute approximate surface area is 183 Å². The zero-order chi connectivity index (χ0) is 21.1. The van der Waals surface area contributed by atoms with Crippen LogP contribution < -0.4 is 4.90 Å². The third-order valence-electron chi connectivity index (χ3n) is 5.33. The van der Waals surface area contributed by atoms with Crippen molar-refractivity contribution < 1.29 is 4.79 Å². The monoisotopic (exact) mass is 416 g/mol. The second-order valence-corrected chi connectivity index (χ2v) is 8.28. The van der Waals surface area contributed by atoms with Gasteiger partial charge < -0.3 is 9.80 Å². The van der Waals surface area contributed by atoms with Crippen molar-refractivity contribution in [3.8, 4) is 11.1 Å². The van der Waals surface area contributed by atoms with Gasteiger partial charge in [0, 0.05) is 29.4 Å². The quantitative estimate of drug-likeness (QED) is 0.526. The average Bonchev–Trinajstić information content (AvgIpc) is 3.17. The van der Waals surface area contributed by atoms with Crippen molar-refractivity contribution in [3.63, 3.8) is 0 Å². The average molecular weight is 417 g/mol. The predicted octanol–water partition coefficient (Wildman–Crippen LogP) is 5.78. The summed E-state index contributed by atoms with van der Waals surface area (Å²) in [5.41, 5.74) is 6.28. The van der Waals surface area contributed by atoms with E-state index in [4.69, 9.17) is 11.6 Å². The van der Waals surface area contributed by atoms with Gasteiger partial charge in [0.2, 0.25) is 0 Å². The summed E-state index contributed by atoms with van der Waals surface area (Å²) in [5, 5.41) is 0.717. The van der Waals surface area contributed by atoms with Crippen LogP contribution in [0.3, 0.4) is 0 Å². The highest BCUT2D eigenvalue weighted by atomic mass is 35.5. The number of fused-ring (bicyclic) bond motifs is 1. The summed E-state index contributed by atoms with van der Waals surface area (Å²) in [7, 11) is 4.11. The SMILES string of the molecule is CN(C)CC=Cc1ccc2c(c1)CCN2C(=O)c1ccc(-c2ccc(Cl)cc2)cc1. The molecule has 1 heterocycles. The molecule has 0 fully saturated rings. The molecule has 0 spiro atoms. The Kier molecular flexibility index (Phi) is 6.03. The minimum Gasteiger partial charge on any atom is -0.308 e. The van der Waals surface area contributed by atoms with Gasteiger partial charge in [-0.05, 0) is 79.2 Å². The lowest BCUT2D eigenvalue weighted by Gasteiger charge is -2.18. The highest BCUT2D eigenvalue weighted by molar-refractivity contribution is 6.30. The molecule has 0 saturated carbocycles. The Balaban J connectivity index is 1.50. The molecule has 3 aromatic carbocycles. The van der Waals surface area contributed by atoms with E-state index >= 15 is 0 Å². The molecule has 0 aliphatic carbocycles. The second kappa shape index (κ2) is 8.86. The summed E-state index contributed by atoms with van der Waals surface area (Å²) in [6.07, 6.45) is 5.18. The molecule has 1 aliphatic heterocycles. The lowest BCUT2D eigenvalue weighted by molar-refractivity contribution is 0.0989. The van der Waals surface area contributed by atoms with Gasteiger partial charge in [-0.2, -0.15) is 0 Å². The van der Waals surface area contributed by atoms with Crippen LogP contribution in [-0.4, -0.2) is 38.0 Å². The molecule has 0 saturated heterocycles. The van der Waals surface area contributed by atoms with Crippen molar-refractivity contribution in [3.05, 3.63) is 94.5 Å². The van der Waals surface area contributed by atoms with E-state index < -0.39 is 0 Å². The second-order valence-electron chi connectivity index (χ2n) is 7.84. The first-order chi connectivity index (χ1) is 14.5. The van der Waals surface area contributed by atoms with E-state index in [0.717, 1.165) is 41.3 Å². The zero-order valence-corrected chi connectivity index (χ0v) is 18.1. The van der Waals surface area contributed by atoms with E-state index in [1.165, 1.54) is 11.1 Å². The van der Waals surface area contributed by atoms with Crippen molar-refractivity contribution in [2.45, 2.75) is 6.42 Å². The molecule has 0 radical (unpaired) electrons. The Morgan fingerprint density at radius 1 is 1.00 bits per heavy atom. The molecule has 0 bridgehead atoms. The lowest BCUT2D eigenvalue weighted by atomic mass is 10.0. The Hall–Kier alpha value is -2.88. The molecule has 0 atom stereocenters. The van der Waals surface area contributed by atoms with Crippen molar-refractivity contribution >= 4 is 29.3 Å². The number of nitrogens with zero attached hydrogens (tertiary/aromatic N) is 2. The maximum Gasteiger partial charge on any atom is 0.258 e. The molecule has 3 aromatic rings. The Morgan fingerprint density at radius 3 is 2.33 bits per heavy atom. The van der Waals surface area contributed by atoms with Crippen molar-refractivity contribution in [1.29, 1.82) is 0 Å². The summed E-state index contributed by atoms with van der Waals surface area (Å²) < 4.78 is 0. The molecular weight excluding hydrogens is 392 g/mol. The van der Waals surface area contributed by atoms with Crippen LogP contribution in [0.2, 0.25) is 5.02 Å². The molecule has 1 aliphatic rings. The molecule has 0 unspecified atom stereocenters. The van der Waals surface area contributed by atoms with Crippen LogP contribution >= 0.6 is 11.6 Å². The van der Waals surface area contributed by atoms with Gasteiger partial charge in [0.15, 0.2) is 0 Å². The van der Waals surface area contributed by atoms with Crippen molar-refractivity contribution in [2.75, 3.05) is 32.1 Å². The molecule has 4 rings (SSSR count). The van der Waals surface area contributed by atoms with Crippen LogP contribution in [-0.2, 0) is 6.42 Å². The number of anilines is 1. The number of amides is 1. The number of likely N-dealkylation sites (N-methyl/N-ethyl adjacent to an activating group) is 1. The zero-order valence-electron chi connectivity index (χ0n) is 17.3. The fourth-order valence-corrected chi connectivity index (χ4v) is 3.87. The van der Waals surface area contributed by atoms with E-state index in [0.29, 0.717) is 5.56 Å². The lowest BCUT2D eigenvalue weighted by Crippen LogP contribution is -2.28. The van der Waals surface area contributed by atoms with Gasteiger partial charge in [0.05, 0.1) is 0 Å². The number of hydrogen-bond acceptors (Lipinski definition) is 2. The topological polar surface area (TPSA) is 23.6 Å².